The first-order chi connectivity index (χ1) is 14.6. The highest BCUT2D eigenvalue weighted by Gasteiger charge is 2.37. The van der Waals surface area contributed by atoms with Crippen LogP contribution in [0, 0.1) is 0 Å². The molecule has 0 unspecified atom stereocenters. The average molecular weight is 389 g/mol. The summed E-state index contributed by atoms with van der Waals surface area (Å²) < 4.78 is 0. The first kappa shape index (κ1) is 18.4. The summed E-state index contributed by atoms with van der Waals surface area (Å²) in [6.45, 7) is 4.53. The van der Waals surface area contributed by atoms with Crippen LogP contribution in [0.15, 0.2) is 103 Å². The number of fused-ring (bicyclic) bond motifs is 2. The average Bonchev–Trinajstić information content (AvgIpc) is 2.80. The molecule has 1 aliphatic heterocycles. The van der Waals surface area contributed by atoms with E-state index in [0.29, 0.717) is 11.1 Å². The molecule has 0 radical (unpaired) electrons. The second kappa shape index (κ2) is 7.00. The molecule has 0 bridgehead atoms. The minimum atomic E-state index is -0.123. The van der Waals surface area contributed by atoms with E-state index in [4.69, 9.17) is 0 Å². The van der Waals surface area contributed by atoms with Crippen LogP contribution in [0.5, 0.6) is 0 Å². The largest absolute Gasteiger partial charge is 0.309 e. The zero-order valence-electron chi connectivity index (χ0n) is 17.2. The van der Waals surface area contributed by atoms with Gasteiger partial charge in [0.25, 0.3) is 0 Å². The van der Waals surface area contributed by atoms with Gasteiger partial charge < -0.3 is 4.90 Å². The van der Waals surface area contributed by atoms with Gasteiger partial charge in [-0.15, -0.1) is 0 Å². The Balaban J connectivity index is 1.76. The van der Waals surface area contributed by atoms with Gasteiger partial charge in [-0.25, -0.2) is 0 Å². The molecule has 2 nitrogen and oxygen atoms in total. The lowest BCUT2D eigenvalue weighted by molar-refractivity contribution is 0.103. The van der Waals surface area contributed by atoms with Gasteiger partial charge in [-0.3, -0.25) is 4.79 Å². The molecule has 4 aromatic rings. The van der Waals surface area contributed by atoms with E-state index in [0.717, 1.165) is 17.1 Å². The molecular weight excluding hydrogens is 366 g/mol. The van der Waals surface area contributed by atoms with Gasteiger partial charge in [-0.2, -0.15) is 0 Å². The van der Waals surface area contributed by atoms with Crippen molar-refractivity contribution in [1.82, 2.24) is 0 Å². The van der Waals surface area contributed by atoms with Crippen LogP contribution in [0.4, 0.5) is 17.1 Å². The third-order valence-corrected chi connectivity index (χ3v) is 6.06. The lowest BCUT2D eigenvalue weighted by atomic mass is 9.73. The summed E-state index contributed by atoms with van der Waals surface area (Å²) >= 11 is 0. The van der Waals surface area contributed by atoms with Crippen molar-refractivity contribution in [2.75, 3.05) is 4.90 Å². The van der Waals surface area contributed by atoms with Crippen LogP contribution in [0.25, 0.3) is 0 Å². The molecule has 0 saturated heterocycles. The normalized spacial score (nSPS) is 14.0. The smallest absolute Gasteiger partial charge is 0.195 e. The van der Waals surface area contributed by atoms with Gasteiger partial charge in [0.2, 0.25) is 0 Å². The number of nitrogens with zero attached hydrogens (tertiary/aromatic N) is 1. The lowest BCUT2D eigenvalue weighted by Crippen LogP contribution is -2.31. The Hall–Kier alpha value is -3.65. The van der Waals surface area contributed by atoms with Crippen LogP contribution in [-0.2, 0) is 5.41 Å². The maximum absolute atomic E-state index is 13.4. The number of benzene rings is 4. The van der Waals surface area contributed by atoms with E-state index in [-0.39, 0.29) is 11.2 Å². The number of para-hydroxylation sites is 3. The third-order valence-electron chi connectivity index (χ3n) is 6.06. The molecule has 0 aliphatic carbocycles. The zero-order chi connectivity index (χ0) is 20.7. The lowest BCUT2D eigenvalue weighted by Gasteiger charge is -2.42. The van der Waals surface area contributed by atoms with Crippen molar-refractivity contribution in [1.29, 1.82) is 0 Å². The molecule has 0 aromatic heterocycles. The second-order valence-electron chi connectivity index (χ2n) is 8.21. The Morgan fingerprint density at radius 3 is 1.67 bits per heavy atom. The number of hydrogen-bond acceptors (Lipinski definition) is 2. The molecule has 4 aromatic carbocycles. The van der Waals surface area contributed by atoms with E-state index in [2.05, 4.69) is 67.3 Å². The monoisotopic (exact) mass is 389 g/mol. The molecule has 0 N–H and O–H groups in total. The molecule has 30 heavy (non-hydrogen) atoms. The molecule has 2 heteroatoms. The van der Waals surface area contributed by atoms with E-state index in [9.17, 15) is 4.79 Å². The zero-order valence-corrected chi connectivity index (χ0v) is 17.2. The molecule has 146 valence electrons. The standard InChI is InChI=1S/C28H23NO/c1-28(2)22-15-7-10-18-25(22)29(26-19-11-8-16-23(26)28)24-17-9-6-14-21(24)27(30)20-12-4-3-5-13-20/h3-19H,1-2H3. The molecule has 5 rings (SSSR count). The van der Waals surface area contributed by atoms with Gasteiger partial charge in [-0.1, -0.05) is 92.7 Å². The topological polar surface area (TPSA) is 20.3 Å². The van der Waals surface area contributed by atoms with E-state index in [1.165, 1.54) is 11.1 Å². The fourth-order valence-electron chi connectivity index (χ4n) is 4.53. The molecular formula is C28H23NO. The second-order valence-corrected chi connectivity index (χ2v) is 8.21. The molecule has 0 amide bonds. The highest BCUT2D eigenvalue weighted by molar-refractivity contribution is 6.13. The van der Waals surface area contributed by atoms with Crippen molar-refractivity contribution in [2.24, 2.45) is 0 Å². The first-order valence-electron chi connectivity index (χ1n) is 10.3. The van der Waals surface area contributed by atoms with E-state index >= 15 is 0 Å². The Labute approximate surface area is 177 Å². The highest BCUT2D eigenvalue weighted by Crippen LogP contribution is 2.52. The number of rotatable bonds is 3. The molecule has 0 spiro atoms. The number of hydrogen-bond donors (Lipinski definition) is 0. The number of carbonyl (C=O) groups excluding carboxylic acids is 1. The van der Waals surface area contributed by atoms with Gasteiger partial charge in [0.1, 0.15) is 0 Å². The summed E-state index contributed by atoms with van der Waals surface area (Å²) in [5, 5.41) is 0. The molecule has 1 heterocycles. The summed E-state index contributed by atoms with van der Waals surface area (Å²) in [5.41, 5.74) is 6.93. The molecule has 1 aliphatic rings. The van der Waals surface area contributed by atoms with Crippen LogP contribution in [0.1, 0.15) is 40.9 Å². The minimum Gasteiger partial charge on any atom is -0.309 e. The van der Waals surface area contributed by atoms with Crippen LogP contribution in [-0.4, -0.2) is 5.78 Å². The van der Waals surface area contributed by atoms with Gasteiger partial charge in [0, 0.05) is 16.5 Å². The van der Waals surface area contributed by atoms with Crippen LogP contribution in [0.2, 0.25) is 0 Å². The Morgan fingerprint density at radius 1 is 0.600 bits per heavy atom. The van der Waals surface area contributed by atoms with Crippen molar-refractivity contribution in [3.05, 3.63) is 125 Å². The summed E-state index contributed by atoms with van der Waals surface area (Å²) in [5.74, 6) is 0.0333. The molecule has 0 atom stereocenters. The van der Waals surface area contributed by atoms with Crippen molar-refractivity contribution >= 4 is 22.8 Å². The molecule has 0 fully saturated rings. The van der Waals surface area contributed by atoms with Crippen molar-refractivity contribution < 1.29 is 4.79 Å². The first-order valence-corrected chi connectivity index (χ1v) is 10.3. The number of ketones is 1. The van der Waals surface area contributed by atoms with Gasteiger partial charge in [0.15, 0.2) is 5.78 Å². The predicted molar refractivity (Wildman–Crippen MR) is 123 cm³/mol. The fourth-order valence-corrected chi connectivity index (χ4v) is 4.53. The van der Waals surface area contributed by atoms with E-state index in [1.54, 1.807) is 0 Å². The number of anilines is 3. The predicted octanol–water partition coefficient (Wildman–Crippen LogP) is 7.03. The van der Waals surface area contributed by atoms with Gasteiger partial charge in [-0.05, 0) is 35.4 Å². The molecule has 0 saturated carbocycles. The van der Waals surface area contributed by atoms with Crippen LogP contribution >= 0.6 is 0 Å². The summed E-state index contributed by atoms with van der Waals surface area (Å²) in [4.78, 5) is 15.7. The van der Waals surface area contributed by atoms with E-state index in [1.807, 2.05) is 54.6 Å². The van der Waals surface area contributed by atoms with Crippen LogP contribution in [0.3, 0.4) is 0 Å². The van der Waals surface area contributed by atoms with Crippen LogP contribution < -0.4 is 4.90 Å². The Kier molecular flexibility index (Phi) is 4.29. The Morgan fingerprint density at radius 2 is 1.07 bits per heavy atom. The fraction of sp³-hybridized carbons (Fsp3) is 0.107. The van der Waals surface area contributed by atoms with E-state index < -0.39 is 0 Å². The third kappa shape index (κ3) is 2.76. The highest BCUT2D eigenvalue weighted by atomic mass is 16.1. The maximum atomic E-state index is 13.4. The quantitative estimate of drug-likeness (QED) is 0.351. The van der Waals surface area contributed by atoms with Gasteiger partial charge >= 0.3 is 0 Å². The summed E-state index contributed by atoms with van der Waals surface area (Å²) in [7, 11) is 0. The maximum Gasteiger partial charge on any atom is 0.195 e. The summed E-state index contributed by atoms with van der Waals surface area (Å²) in [6.07, 6.45) is 0. The van der Waals surface area contributed by atoms with Crippen molar-refractivity contribution in [2.45, 2.75) is 19.3 Å². The van der Waals surface area contributed by atoms with Crippen molar-refractivity contribution in [3.8, 4) is 0 Å². The number of carbonyl (C=O) groups is 1. The Bertz CT molecular complexity index is 1190. The van der Waals surface area contributed by atoms with Gasteiger partial charge in [0.05, 0.1) is 17.1 Å². The minimum absolute atomic E-state index is 0.0333. The SMILES string of the molecule is CC1(C)c2ccccc2N(c2ccccc2C(=O)c2ccccc2)c2ccccc21. The summed E-state index contributed by atoms with van der Waals surface area (Å²) in [6, 6.07) is 34.4. The van der Waals surface area contributed by atoms with Crippen molar-refractivity contribution in [3.63, 3.8) is 0 Å².